The molecule has 0 amide bonds. The van der Waals surface area contributed by atoms with Crippen molar-refractivity contribution in [2.45, 2.75) is 32.7 Å². The van der Waals surface area contributed by atoms with E-state index in [-0.39, 0.29) is 0 Å². The summed E-state index contributed by atoms with van der Waals surface area (Å²) in [6.45, 7) is 9.04. The minimum atomic E-state index is 0.652. The maximum atomic E-state index is 3.51. The summed E-state index contributed by atoms with van der Waals surface area (Å²) in [4.78, 5) is 4.68. The minimum Gasteiger partial charge on any atom is -0.313 e. The Kier molecular flexibility index (Phi) is 9.06. The zero-order valence-electron chi connectivity index (χ0n) is 11.2. The largest absolute Gasteiger partial charge is 0.313 e. The molecule has 0 aliphatic heterocycles. The Balaban J connectivity index is 3.56. The SMILES string of the molecule is CCNC(CC)CN(C)CCCN(C)C. The summed E-state index contributed by atoms with van der Waals surface area (Å²) in [6, 6.07) is 0.652. The molecule has 92 valence electrons. The Morgan fingerprint density at radius 3 is 2.20 bits per heavy atom. The van der Waals surface area contributed by atoms with Gasteiger partial charge in [0.05, 0.1) is 0 Å². The molecule has 1 unspecified atom stereocenters. The molecule has 15 heavy (non-hydrogen) atoms. The van der Waals surface area contributed by atoms with Gasteiger partial charge in [-0.05, 0) is 53.6 Å². The Labute approximate surface area is 95.8 Å². The number of hydrogen-bond acceptors (Lipinski definition) is 3. The average molecular weight is 215 g/mol. The maximum Gasteiger partial charge on any atom is 0.0192 e. The van der Waals surface area contributed by atoms with Crippen LogP contribution in [-0.2, 0) is 0 Å². The molecule has 0 radical (unpaired) electrons. The van der Waals surface area contributed by atoms with Crippen molar-refractivity contribution in [1.29, 1.82) is 0 Å². The summed E-state index contributed by atoms with van der Waals surface area (Å²) in [7, 11) is 6.48. The third-order valence-corrected chi connectivity index (χ3v) is 2.66. The molecular formula is C12H29N3. The molecule has 0 saturated heterocycles. The molecule has 0 heterocycles. The summed E-state index contributed by atoms with van der Waals surface area (Å²) >= 11 is 0. The molecule has 0 fully saturated rings. The van der Waals surface area contributed by atoms with Crippen LogP contribution in [0.5, 0.6) is 0 Å². The monoisotopic (exact) mass is 215 g/mol. The highest BCUT2D eigenvalue weighted by molar-refractivity contribution is 4.68. The van der Waals surface area contributed by atoms with Crippen LogP contribution in [0.25, 0.3) is 0 Å². The number of likely N-dealkylation sites (N-methyl/N-ethyl adjacent to an activating group) is 2. The molecular weight excluding hydrogens is 186 g/mol. The summed E-state index contributed by atoms with van der Waals surface area (Å²) in [6.07, 6.45) is 2.47. The lowest BCUT2D eigenvalue weighted by Gasteiger charge is -2.24. The second-order valence-corrected chi connectivity index (χ2v) is 4.58. The fourth-order valence-corrected chi connectivity index (χ4v) is 1.75. The van der Waals surface area contributed by atoms with Crippen LogP contribution in [0.2, 0.25) is 0 Å². The first-order valence-electron chi connectivity index (χ1n) is 6.16. The predicted molar refractivity (Wildman–Crippen MR) is 68.4 cm³/mol. The molecule has 0 aliphatic rings. The van der Waals surface area contributed by atoms with Crippen molar-refractivity contribution in [2.24, 2.45) is 0 Å². The Morgan fingerprint density at radius 1 is 1.07 bits per heavy atom. The van der Waals surface area contributed by atoms with Crippen molar-refractivity contribution < 1.29 is 0 Å². The van der Waals surface area contributed by atoms with Crippen LogP contribution in [0.1, 0.15) is 26.7 Å². The molecule has 0 saturated carbocycles. The molecule has 0 aromatic heterocycles. The Morgan fingerprint density at radius 2 is 1.73 bits per heavy atom. The van der Waals surface area contributed by atoms with E-state index >= 15 is 0 Å². The van der Waals surface area contributed by atoms with Crippen molar-refractivity contribution in [3.63, 3.8) is 0 Å². The normalized spacial score (nSPS) is 13.8. The molecule has 0 aromatic carbocycles. The zero-order chi connectivity index (χ0) is 11.7. The highest BCUT2D eigenvalue weighted by Crippen LogP contribution is 1.96. The summed E-state index contributed by atoms with van der Waals surface area (Å²) in [5, 5.41) is 3.51. The molecule has 0 rings (SSSR count). The number of rotatable bonds is 9. The molecule has 3 nitrogen and oxygen atoms in total. The fourth-order valence-electron chi connectivity index (χ4n) is 1.75. The molecule has 0 aromatic rings. The van der Waals surface area contributed by atoms with Gasteiger partial charge in [0.15, 0.2) is 0 Å². The van der Waals surface area contributed by atoms with Crippen LogP contribution in [0.15, 0.2) is 0 Å². The Hall–Kier alpha value is -0.120. The van der Waals surface area contributed by atoms with Crippen molar-refractivity contribution in [2.75, 3.05) is 47.3 Å². The van der Waals surface area contributed by atoms with E-state index in [1.807, 2.05) is 0 Å². The summed E-state index contributed by atoms with van der Waals surface area (Å²) in [5.74, 6) is 0. The highest BCUT2D eigenvalue weighted by atomic mass is 15.1. The molecule has 1 N–H and O–H groups in total. The van der Waals surface area contributed by atoms with Crippen molar-refractivity contribution in [3.05, 3.63) is 0 Å². The average Bonchev–Trinajstić information content (AvgIpc) is 2.16. The first-order chi connectivity index (χ1) is 7.10. The lowest BCUT2D eigenvalue weighted by Crippen LogP contribution is -2.39. The molecule has 1 atom stereocenters. The predicted octanol–water partition coefficient (Wildman–Crippen LogP) is 1.26. The van der Waals surface area contributed by atoms with E-state index in [4.69, 9.17) is 0 Å². The van der Waals surface area contributed by atoms with Gasteiger partial charge in [-0.2, -0.15) is 0 Å². The van der Waals surface area contributed by atoms with Gasteiger partial charge in [0.1, 0.15) is 0 Å². The van der Waals surface area contributed by atoms with E-state index in [1.54, 1.807) is 0 Å². The quantitative estimate of drug-likeness (QED) is 0.625. The third kappa shape index (κ3) is 8.85. The van der Waals surface area contributed by atoms with Crippen molar-refractivity contribution in [3.8, 4) is 0 Å². The number of nitrogens with zero attached hydrogens (tertiary/aromatic N) is 2. The van der Waals surface area contributed by atoms with E-state index in [1.165, 1.54) is 25.9 Å². The Bertz CT molecular complexity index is 137. The molecule has 0 spiro atoms. The van der Waals surface area contributed by atoms with Gasteiger partial charge >= 0.3 is 0 Å². The van der Waals surface area contributed by atoms with Gasteiger partial charge in [0.2, 0.25) is 0 Å². The van der Waals surface area contributed by atoms with Crippen LogP contribution >= 0.6 is 0 Å². The summed E-state index contributed by atoms with van der Waals surface area (Å²) < 4.78 is 0. The topological polar surface area (TPSA) is 18.5 Å². The maximum absolute atomic E-state index is 3.51. The van der Waals surface area contributed by atoms with Gasteiger partial charge in [-0.1, -0.05) is 13.8 Å². The first-order valence-corrected chi connectivity index (χ1v) is 6.16. The highest BCUT2D eigenvalue weighted by Gasteiger charge is 2.07. The van der Waals surface area contributed by atoms with Crippen LogP contribution in [0.4, 0.5) is 0 Å². The van der Waals surface area contributed by atoms with Gasteiger partial charge in [-0.15, -0.1) is 0 Å². The van der Waals surface area contributed by atoms with Crippen molar-refractivity contribution in [1.82, 2.24) is 15.1 Å². The second-order valence-electron chi connectivity index (χ2n) is 4.58. The van der Waals surface area contributed by atoms with E-state index in [9.17, 15) is 0 Å². The molecule has 3 heteroatoms. The van der Waals surface area contributed by atoms with Crippen LogP contribution in [0, 0.1) is 0 Å². The van der Waals surface area contributed by atoms with E-state index in [2.05, 4.69) is 50.1 Å². The van der Waals surface area contributed by atoms with Crippen molar-refractivity contribution >= 4 is 0 Å². The minimum absolute atomic E-state index is 0.652. The zero-order valence-corrected chi connectivity index (χ0v) is 11.2. The molecule has 0 bridgehead atoms. The third-order valence-electron chi connectivity index (χ3n) is 2.66. The van der Waals surface area contributed by atoms with Gasteiger partial charge in [-0.25, -0.2) is 0 Å². The van der Waals surface area contributed by atoms with E-state index in [0.29, 0.717) is 6.04 Å². The second kappa shape index (κ2) is 9.13. The molecule has 0 aliphatic carbocycles. The van der Waals surface area contributed by atoms with E-state index < -0.39 is 0 Å². The van der Waals surface area contributed by atoms with Crippen LogP contribution in [-0.4, -0.2) is 63.2 Å². The lowest BCUT2D eigenvalue weighted by molar-refractivity contribution is 0.268. The lowest BCUT2D eigenvalue weighted by atomic mass is 10.2. The number of hydrogen-bond donors (Lipinski definition) is 1. The van der Waals surface area contributed by atoms with Gasteiger partial charge in [0, 0.05) is 12.6 Å². The smallest absolute Gasteiger partial charge is 0.0192 e. The van der Waals surface area contributed by atoms with Gasteiger partial charge in [0.25, 0.3) is 0 Å². The van der Waals surface area contributed by atoms with E-state index in [0.717, 1.165) is 13.1 Å². The van der Waals surface area contributed by atoms with Crippen LogP contribution < -0.4 is 5.32 Å². The number of nitrogens with one attached hydrogen (secondary N) is 1. The van der Waals surface area contributed by atoms with Gasteiger partial charge < -0.3 is 15.1 Å². The first kappa shape index (κ1) is 14.9. The standard InChI is InChI=1S/C12H29N3/c1-6-12(13-7-2)11-15(5)10-8-9-14(3)4/h12-13H,6-11H2,1-5H3. The van der Waals surface area contributed by atoms with Crippen LogP contribution in [0.3, 0.4) is 0 Å². The van der Waals surface area contributed by atoms with Gasteiger partial charge in [-0.3, -0.25) is 0 Å². The summed E-state index contributed by atoms with van der Waals surface area (Å²) in [5.41, 5.74) is 0. The fraction of sp³-hybridized carbons (Fsp3) is 1.00.